The third-order valence-electron chi connectivity index (χ3n) is 2.34. The van der Waals surface area contributed by atoms with Gasteiger partial charge in [-0.1, -0.05) is 13.3 Å². The van der Waals surface area contributed by atoms with Gasteiger partial charge in [0.2, 0.25) is 0 Å². The summed E-state index contributed by atoms with van der Waals surface area (Å²) in [4.78, 5) is 6.81. The molecule has 0 unspecified atom stereocenters. The third kappa shape index (κ3) is 4.96. The maximum absolute atomic E-state index is 5.71. The number of aromatic nitrogens is 1. The zero-order valence-electron chi connectivity index (χ0n) is 9.50. The third-order valence-corrected chi connectivity index (χ3v) is 3.57. The van der Waals surface area contributed by atoms with Crippen LogP contribution in [0.4, 0.5) is 0 Å². The molecule has 1 aromatic rings. The van der Waals surface area contributed by atoms with Crippen LogP contribution in [0.25, 0.3) is 0 Å². The highest BCUT2D eigenvalue weighted by molar-refractivity contribution is 7.09. The first-order valence-electron chi connectivity index (χ1n) is 5.44. The Kier molecular flexibility index (Phi) is 6.22. The van der Waals surface area contributed by atoms with Gasteiger partial charge in [-0.25, -0.2) is 4.98 Å². The van der Waals surface area contributed by atoms with Gasteiger partial charge in [-0.2, -0.15) is 0 Å². The number of halogens is 1. The molecular weight excluding hydrogens is 228 g/mol. The van der Waals surface area contributed by atoms with Crippen molar-refractivity contribution in [3.05, 3.63) is 16.1 Å². The van der Waals surface area contributed by atoms with Crippen LogP contribution >= 0.6 is 22.9 Å². The summed E-state index contributed by atoms with van der Waals surface area (Å²) in [6, 6.07) is 0. The summed E-state index contributed by atoms with van der Waals surface area (Å²) in [6.07, 6.45) is 3.58. The summed E-state index contributed by atoms with van der Waals surface area (Å²) in [7, 11) is 2.17. The molecular formula is C11H19ClN2S. The van der Waals surface area contributed by atoms with Crippen molar-refractivity contribution in [3.8, 4) is 0 Å². The van der Waals surface area contributed by atoms with E-state index in [0.717, 1.165) is 18.7 Å². The lowest BCUT2D eigenvalue weighted by molar-refractivity contribution is 0.332. The molecule has 0 aromatic carbocycles. The van der Waals surface area contributed by atoms with Crippen molar-refractivity contribution < 1.29 is 0 Å². The fourth-order valence-electron chi connectivity index (χ4n) is 1.35. The second-order valence-electron chi connectivity index (χ2n) is 3.77. The van der Waals surface area contributed by atoms with Crippen molar-refractivity contribution in [2.24, 2.45) is 0 Å². The van der Waals surface area contributed by atoms with Crippen molar-refractivity contribution >= 4 is 22.9 Å². The molecule has 1 rings (SSSR count). The van der Waals surface area contributed by atoms with Crippen molar-refractivity contribution in [2.45, 2.75) is 32.1 Å². The van der Waals surface area contributed by atoms with Crippen molar-refractivity contribution in [3.63, 3.8) is 0 Å². The monoisotopic (exact) mass is 246 g/mol. The summed E-state index contributed by atoms with van der Waals surface area (Å²) in [5.41, 5.74) is 1.01. The number of rotatable bonds is 7. The molecule has 0 N–H and O–H groups in total. The molecule has 4 heteroatoms. The number of nitrogens with zero attached hydrogens (tertiary/aromatic N) is 2. The van der Waals surface area contributed by atoms with Gasteiger partial charge in [-0.05, 0) is 20.0 Å². The Morgan fingerprint density at radius 1 is 1.47 bits per heavy atom. The minimum Gasteiger partial charge on any atom is -0.306 e. The van der Waals surface area contributed by atoms with Crippen LogP contribution < -0.4 is 0 Å². The highest BCUT2D eigenvalue weighted by Crippen LogP contribution is 2.12. The molecule has 15 heavy (non-hydrogen) atoms. The number of likely N-dealkylation sites (N-methyl/N-ethyl adjacent to an activating group) is 1. The first kappa shape index (κ1) is 12.9. The first-order valence-corrected chi connectivity index (χ1v) is 6.85. The summed E-state index contributed by atoms with van der Waals surface area (Å²) in [5, 5.41) is 3.25. The van der Waals surface area contributed by atoms with E-state index in [-0.39, 0.29) is 0 Å². The quantitative estimate of drug-likeness (QED) is 0.687. The Morgan fingerprint density at radius 3 is 2.87 bits per heavy atom. The van der Waals surface area contributed by atoms with Crippen molar-refractivity contribution in [2.75, 3.05) is 20.1 Å². The standard InChI is InChI=1S/C11H19ClN2S/c1-3-4-6-14(2)7-5-11-13-10(8-12)9-15-11/h9H,3-8H2,1-2H3. The maximum Gasteiger partial charge on any atom is 0.0941 e. The van der Waals surface area contributed by atoms with Gasteiger partial charge in [0.15, 0.2) is 0 Å². The van der Waals surface area contributed by atoms with Gasteiger partial charge in [0.25, 0.3) is 0 Å². The van der Waals surface area contributed by atoms with E-state index in [9.17, 15) is 0 Å². The van der Waals surface area contributed by atoms with E-state index in [2.05, 4.69) is 23.9 Å². The van der Waals surface area contributed by atoms with Gasteiger partial charge in [-0.15, -0.1) is 22.9 Å². The number of alkyl halides is 1. The first-order chi connectivity index (χ1) is 7.26. The average Bonchev–Trinajstić information content (AvgIpc) is 2.71. The Morgan fingerprint density at radius 2 is 2.27 bits per heavy atom. The van der Waals surface area contributed by atoms with Gasteiger partial charge in [0, 0.05) is 18.3 Å². The number of thiazole rings is 1. The highest BCUT2D eigenvalue weighted by atomic mass is 35.5. The van der Waals surface area contributed by atoms with E-state index < -0.39 is 0 Å². The van der Waals surface area contributed by atoms with E-state index in [1.807, 2.05) is 5.38 Å². The van der Waals surface area contributed by atoms with Crippen LogP contribution in [0.3, 0.4) is 0 Å². The van der Waals surface area contributed by atoms with Gasteiger partial charge >= 0.3 is 0 Å². The Labute approximate surface area is 101 Å². The van der Waals surface area contributed by atoms with Crippen molar-refractivity contribution in [1.82, 2.24) is 9.88 Å². The number of hydrogen-bond acceptors (Lipinski definition) is 3. The van der Waals surface area contributed by atoms with E-state index in [0.29, 0.717) is 5.88 Å². The molecule has 0 bridgehead atoms. The van der Waals surface area contributed by atoms with Crippen LogP contribution in [0.2, 0.25) is 0 Å². The highest BCUT2D eigenvalue weighted by Gasteiger charge is 2.03. The summed E-state index contributed by atoms with van der Waals surface area (Å²) < 4.78 is 0. The van der Waals surface area contributed by atoms with Crippen LogP contribution in [0.1, 0.15) is 30.5 Å². The van der Waals surface area contributed by atoms with Gasteiger partial charge in [-0.3, -0.25) is 0 Å². The number of hydrogen-bond donors (Lipinski definition) is 0. The molecule has 0 spiro atoms. The topological polar surface area (TPSA) is 16.1 Å². The Balaban J connectivity index is 2.24. The molecule has 0 saturated carbocycles. The Hall–Kier alpha value is -0.120. The van der Waals surface area contributed by atoms with Gasteiger partial charge in [0.1, 0.15) is 0 Å². The molecule has 0 fully saturated rings. The molecule has 0 radical (unpaired) electrons. The second kappa shape index (κ2) is 7.20. The van der Waals surface area contributed by atoms with E-state index in [1.165, 1.54) is 24.4 Å². The molecule has 86 valence electrons. The lowest BCUT2D eigenvalue weighted by Crippen LogP contribution is -2.22. The molecule has 0 saturated heterocycles. The predicted molar refractivity (Wildman–Crippen MR) is 67.8 cm³/mol. The van der Waals surface area contributed by atoms with E-state index >= 15 is 0 Å². The van der Waals surface area contributed by atoms with E-state index in [1.54, 1.807) is 11.3 Å². The average molecular weight is 247 g/mol. The molecule has 0 aliphatic carbocycles. The van der Waals surface area contributed by atoms with Gasteiger partial charge < -0.3 is 4.90 Å². The zero-order chi connectivity index (χ0) is 11.1. The van der Waals surface area contributed by atoms with Gasteiger partial charge in [0.05, 0.1) is 16.6 Å². The smallest absolute Gasteiger partial charge is 0.0941 e. The van der Waals surface area contributed by atoms with Crippen LogP contribution in [0.15, 0.2) is 5.38 Å². The molecule has 0 aliphatic heterocycles. The second-order valence-corrected chi connectivity index (χ2v) is 4.98. The summed E-state index contributed by atoms with van der Waals surface area (Å²) >= 11 is 7.42. The molecule has 1 heterocycles. The normalized spacial score (nSPS) is 11.2. The Bertz CT molecular complexity index is 275. The van der Waals surface area contributed by atoms with E-state index in [4.69, 9.17) is 11.6 Å². The SMILES string of the molecule is CCCCN(C)CCc1nc(CCl)cs1. The molecule has 0 amide bonds. The molecule has 0 aliphatic rings. The summed E-state index contributed by atoms with van der Waals surface area (Å²) in [5.74, 6) is 0.530. The maximum atomic E-state index is 5.71. The van der Waals surface area contributed by atoms with Crippen LogP contribution in [-0.4, -0.2) is 30.0 Å². The fraction of sp³-hybridized carbons (Fsp3) is 0.727. The molecule has 0 atom stereocenters. The zero-order valence-corrected chi connectivity index (χ0v) is 11.1. The minimum atomic E-state index is 0.530. The largest absolute Gasteiger partial charge is 0.306 e. The fourth-order valence-corrected chi connectivity index (χ4v) is 2.37. The lowest BCUT2D eigenvalue weighted by atomic mass is 10.3. The van der Waals surface area contributed by atoms with Crippen LogP contribution in [0, 0.1) is 0 Å². The number of unbranched alkanes of at least 4 members (excludes halogenated alkanes) is 1. The van der Waals surface area contributed by atoms with Crippen LogP contribution in [-0.2, 0) is 12.3 Å². The lowest BCUT2D eigenvalue weighted by Gasteiger charge is -2.14. The molecule has 2 nitrogen and oxygen atoms in total. The van der Waals surface area contributed by atoms with Crippen LogP contribution in [0.5, 0.6) is 0 Å². The summed E-state index contributed by atoms with van der Waals surface area (Å²) in [6.45, 7) is 4.50. The van der Waals surface area contributed by atoms with Crippen molar-refractivity contribution in [1.29, 1.82) is 0 Å². The molecule has 1 aromatic heterocycles. The predicted octanol–water partition coefficient (Wildman–Crippen LogP) is 3.16. The minimum absolute atomic E-state index is 0.530.